The van der Waals surface area contributed by atoms with Crippen molar-refractivity contribution in [1.82, 2.24) is 20.2 Å². The number of hydrogen-bond donors (Lipinski definition) is 2. The Kier molecular flexibility index (Phi) is 6.47. The van der Waals surface area contributed by atoms with Crippen molar-refractivity contribution in [3.63, 3.8) is 0 Å². The van der Waals surface area contributed by atoms with E-state index in [0.29, 0.717) is 49.3 Å². The van der Waals surface area contributed by atoms with Crippen molar-refractivity contribution < 1.29 is 23.0 Å². The molecule has 2 N–H and O–H groups in total. The Bertz CT molecular complexity index is 1780. The lowest BCUT2D eigenvalue weighted by Crippen LogP contribution is -2.58. The lowest BCUT2D eigenvalue weighted by molar-refractivity contribution is 0.165. The highest BCUT2D eigenvalue weighted by Gasteiger charge is 2.46. The van der Waals surface area contributed by atoms with Gasteiger partial charge in [-0.1, -0.05) is 24.3 Å². The van der Waals surface area contributed by atoms with E-state index in [-0.39, 0.29) is 50.8 Å². The third kappa shape index (κ3) is 4.92. The molecule has 10 heteroatoms. The summed E-state index contributed by atoms with van der Waals surface area (Å²) in [7, 11) is 0. The smallest absolute Gasteiger partial charge is 0.319 e. The van der Waals surface area contributed by atoms with Gasteiger partial charge in [-0.25, -0.2) is 13.2 Å². The first-order valence-corrected chi connectivity index (χ1v) is 15.6. The number of likely N-dealkylation sites (tertiary alicyclic amines) is 1. The Morgan fingerprint density at radius 1 is 1.05 bits per heavy atom. The SMILES string of the molecule is C[C@@]12CC[C@H](CN(c3nc(OCC4(CN5CC[C@@H](F)C5)CC4)nc4c(F)c(-c5cc(O)cc6ccccc56)c(F)cc34)C1)N2. The topological polar surface area (TPSA) is 73.8 Å². The highest BCUT2D eigenvalue weighted by molar-refractivity contribution is 6.01. The van der Waals surface area contributed by atoms with Crippen LogP contribution in [0.25, 0.3) is 32.8 Å². The zero-order chi connectivity index (χ0) is 30.2. The fraction of sp³-hybridized carbons (Fsp3) is 0.471. The quantitative estimate of drug-likeness (QED) is 0.270. The number of piperazine rings is 1. The summed E-state index contributed by atoms with van der Waals surface area (Å²) in [5.74, 6) is -1.19. The molecule has 7 nitrogen and oxygen atoms in total. The van der Waals surface area contributed by atoms with Gasteiger partial charge in [-0.2, -0.15) is 9.97 Å². The molecule has 3 aromatic carbocycles. The average Bonchev–Trinajstić information content (AvgIpc) is 3.54. The van der Waals surface area contributed by atoms with Crippen molar-refractivity contribution in [1.29, 1.82) is 0 Å². The average molecular weight is 604 g/mol. The Hall–Kier alpha value is -3.63. The van der Waals surface area contributed by atoms with Gasteiger partial charge in [0.1, 0.15) is 29.1 Å². The summed E-state index contributed by atoms with van der Waals surface area (Å²) in [6.07, 6.45) is 3.74. The van der Waals surface area contributed by atoms with Crippen LogP contribution >= 0.6 is 0 Å². The van der Waals surface area contributed by atoms with Crippen LogP contribution in [0.4, 0.5) is 19.0 Å². The minimum atomic E-state index is -0.819. The molecular formula is C34H36F3N5O2. The second-order valence-corrected chi connectivity index (χ2v) is 13.7. The van der Waals surface area contributed by atoms with Crippen LogP contribution in [0.1, 0.15) is 39.0 Å². The summed E-state index contributed by atoms with van der Waals surface area (Å²) < 4.78 is 52.8. The number of aromatic hydroxyl groups is 1. The lowest BCUT2D eigenvalue weighted by Gasteiger charge is -2.40. The Morgan fingerprint density at radius 2 is 1.89 bits per heavy atom. The van der Waals surface area contributed by atoms with Crippen LogP contribution in [0.5, 0.6) is 11.8 Å². The second-order valence-electron chi connectivity index (χ2n) is 13.7. The van der Waals surface area contributed by atoms with Gasteiger partial charge in [-0.3, -0.25) is 4.90 Å². The molecule has 1 saturated carbocycles. The van der Waals surface area contributed by atoms with Gasteiger partial charge < -0.3 is 20.1 Å². The van der Waals surface area contributed by atoms with E-state index < -0.39 is 17.8 Å². The van der Waals surface area contributed by atoms with E-state index in [1.165, 1.54) is 12.1 Å². The molecule has 0 amide bonds. The maximum absolute atomic E-state index is 16.7. The number of phenolic OH excluding ortho intramolecular Hbond substituents is 1. The molecule has 8 rings (SSSR count). The molecule has 2 bridgehead atoms. The molecule has 4 heterocycles. The Balaban J connectivity index is 1.22. The molecule has 4 aliphatic rings. The molecule has 230 valence electrons. The fourth-order valence-electron chi connectivity index (χ4n) is 7.66. The fourth-order valence-corrected chi connectivity index (χ4v) is 7.66. The van der Waals surface area contributed by atoms with Gasteiger partial charge in [0.25, 0.3) is 0 Å². The summed E-state index contributed by atoms with van der Waals surface area (Å²) in [6, 6.07) is 11.8. The second kappa shape index (κ2) is 10.2. The van der Waals surface area contributed by atoms with E-state index >= 15 is 8.78 Å². The predicted octanol–water partition coefficient (Wildman–Crippen LogP) is 5.97. The number of hydrogen-bond acceptors (Lipinski definition) is 7. The largest absolute Gasteiger partial charge is 0.508 e. The molecule has 4 aromatic rings. The maximum atomic E-state index is 16.7. The summed E-state index contributed by atoms with van der Waals surface area (Å²) in [4.78, 5) is 13.6. The molecule has 1 aliphatic carbocycles. The minimum Gasteiger partial charge on any atom is -0.508 e. The molecule has 0 radical (unpaired) electrons. The van der Waals surface area contributed by atoms with Crippen LogP contribution in [0.15, 0.2) is 42.5 Å². The monoisotopic (exact) mass is 603 g/mol. The van der Waals surface area contributed by atoms with Gasteiger partial charge in [-0.05, 0) is 73.6 Å². The molecular weight excluding hydrogens is 567 g/mol. The number of aromatic nitrogens is 2. The number of nitrogens with one attached hydrogen (secondary N) is 1. The summed E-state index contributed by atoms with van der Waals surface area (Å²) >= 11 is 0. The van der Waals surface area contributed by atoms with Gasteiger partial charge in [0.05, 0.1) is 12.2 Å². The van der Waals surface area contributed by atoms with E-state index in [2.05, 4.69) is 27.0 Å². The predicted molar refractivity (Wildman–Crippen MR) is 164 cm³/mol. The van der Waals surface area contributed by atoms with Crippen LogP contribution in [0.2, 0.25) is 0 Å². The summed E-state index contributed by atoms with van der Waals surface area (Å²) in [6.45, 7) is 5.76. The number of phenols is 1. The molecule has 1 aromatic heterocycles. The van der Waals surface area contributed by atoms with Crippen molar-refractivity contribution in [2.75, 3.05) is 44.2 Å². The molecule has 44 heavy (non-hydrogen) atoms. The lowest BCUT2D eigenvalue weighted by atomic mass is 9.95. The first-order valence-electron chi connectivity index (χ1n) is 15.6. The summed E-state index contributed by atoms with van der Waals surface area (Å²) in [5.41, 5.74) is -0.241. The third-order valence-electron chi connectivity index (χ3n) is 10.1. The number of ether oxygens (including phenoxy) is 1. The number of anilines is 1. The number of nitrogens with zero attached hydrogens (tertiary/aromatic N) is 4. The number of halogens is 3. The zero-order valence-corrected chi connectivity index (χ0v) is 24.8. The zero-order valence-electron chi connectivity index (χ0n) is 24.8. The molecule has 0 spiro atoms. The highest BCUT2D eigenvalue weighted by Crippen LogP contribution is 2.47. The van der Waals surface area contributed by atoms with E-state index in [1.807, 2.05) is 6.07 Å². The van der Waals surface area contributed by atoms with Gasteiger partial charge >= 0.3 is 6.01 Å². The maximum Gasteiger partial charge on any atom is 0.319 e. The number of alkyl halides is 1. The Morgan fingerprint density at radius 3 is 2.66 bits per heavy atom. The van der Waals surface area contributed by atoms with Crippen molar-refractivity contribution in [3.05, 3.63) is 54.1 Å². The first-order chi connectivity index (χ1) is 21.2. The van der Waals surface area contributed by atoms with Crippen LogP contribution in [0, 0.1) is 17.0 Å². The van der Waals surface area contributed by atoms with Crippen LogP contribution in [0.3, 0.4) is 0 Å². The number of rotatable bonds is 7. The van der Waals surface area contributed by atoms with E-state index in [1.54, 1.807) is 24.3 Å². The van der Waals surface area contributed by atoms with Gasteiger partial charge in [0, 0.05) is 55.1 Å². The first kappa shape index (κ1) is 27.9. The van der Waals surface area contributed by atoms with Crippen LogP contribution in [-0.4, -0.2) is 77.1 Å². The van der Waals surface area contributed by atoms with Gasteiger partial charge in [0.2, 0.25) is 0 Å². The number of benzene rings is 3. The molecule has 3 saturated heterocycles. The van der Waals surface area contributed by atoms with E-state index in [0.717, 1.165) is 38.8 Å². The van der Waals surface area contributed by atoms with Crippen LogP contribution in [-0.2, 0) is 0 Å². The van der Waals surface area contributed by atoms with Crippen LogP contribution < -0.4 is 15.0 Å². The van der Waals surface area contributed by atoms with Crippen molar-refractivity contribution in [2.24, 2.45) is 5.41 Å². The normalized spacial score (nSPS) is 26.1. The molecule has 4 fully saturated rings. The minimum absolute atomic E-state index is 0.0190. The van der Waals surface area contributed by atoms with E-state index in [4.69, 9.17) is 9.72 Å². The molecule has 3 aliphatic heterocycles. The summed E-state index contributed by atoms with van der Waals surface area (Å²) in [5, 5.41) is 15.7. The Labute approximate surface area is 254 Å². The van der Waals surface area contributed by atoms with E-state index in [9.17, 15) is 9.50 Å². The van der Waals surface area contributed by atoms with Gasteiger partial charge in [0.15, 0.2) is 5.82 Å². The molecule has 3 atom stereocenters. The molecule has 0 unspecified atom stereocenters. The van der Waals surface area contributed by atoms with Crippen molar-refractivity contribution in [3.8, 4) is 22.9 Å². The van der Waals surface area contributed by atoms with Gasteiger partial charge in [-0.15, -0.1) is 0 Å². The third-order valence-corrected chi connectivity index (χ3v) is 10.1. The standard InChI is InChI=1S/C34H36F3N5O2/c1-33-8-6-22(40-33)16-42(17-33)31-26-14-27(36)28(25-13-23(43)12-20-4-2-3-5-24(20)25)29(37)30(26)38-32(39-31)44-19-34(9-10-34)18-41-11-7-21(35)15-41/h2-5,12-14,21-22,40,43H,6-11,15-19H2,1H3/t21-,22-,33-/m1/s1. The number of fused-ring (bicyclic) bond motifs is 4. The highest BCUT2D eigenvalue weighted by atomic mass is 19.1. The van der Waals surface area contributed by atoms with Crippen molar-refractivity contribution >= 4 is 27.5 Å². The van der Waals surface area contributed by atoms with Crippen molar-refractivity contribution in [2.45, 2.75) is 56.8 Å².